The van der Waals surface area contributed by atoms with Crippen molar-refractivity contribution in [3.63, 3.8) is 0 Å². The quantitative estimate of drug-likeness (QED) is 0.201. The van der Waals surface area contributed by atoms with E-state index in [-0.39, 0.29) is 17.7 Å². The predicted octanol–water partition coefficient (Wildman–Crippen LogP) is 5.14. The number of nitrogens with zero attached hydrogens (tertiary/aromatic N) is 2. The predicted molar refractivity (Wildman–Crippen MR) is 174 cm³/mol. The Morgan fingerprint density at radius 2 is 1.60 bits per heavy atom. The van der Waals surface area contributed by atoms with Gasteiger partial charge in [-0.3, -0.25) is 9.36 Å². The van der Waals surface area contributed by atoms with Crippen molar-refractivity contribution >= 4 is 29.1 Å². The number of ether oxygens (including phenoxy) is 5. The van der Waals surface area contributed by atoms with Crippen molar-refractivity contribution in [2.24, 2.45) is 4.99 Å². The normalized spacial score (nSPS) is 14.4. The van der Waals surface area contributed by atoms with Gasteiger partial charge in [0.25, 0.3) is 5.56 Å². The first kappa shape index (κ1) is 31.6. The number of carbonyl (C=O) groups excluding carboxylic acids is 1. The molecular weight excluding hydrogens is 592 g/mol. The molecule has 0 saturated heterocycles. The number of aromatic nitrogens is 1. The minimum atomic E-state index is -0.920. The molecular formula is C35H36N2O7S. The van der Waals surface area contributed by atoms with Crippen LogP contribution >= 0.6 is 11.3 Å². The van der Waals surface area contributed by atoms with Gasteiger partial charge in [0.1, 0.15) is 6.04 Å². The third kappa shape index (κ3) is 6.23. The molecule has 4 aromatic rings. The molecule has 0 aliphatic carbocycles. The maximum absolute atomic E-state index is 14.4. The van der Waals surface area contributed by atoms with Gasteiger partial charge in [0, 0.05) is 16.7 Å². The highest BCUT2D eigenvalue weighted by atomic mass is 32.1. The first-order chi connectivity index (χ1) is 22.0. The van der Waals surface area contributed by atoms with Gasteiger partial charge in [0.2, 0.25) is 0 Å². The molecule has 0 N–H and O–H groups in total. The van der Waals surface area contributed by atoms with Gasteiger partial charge in [-0.2, -0.15) is 0 Å². The van der Waals surface area contributed by atoms with E-state index < -0.39 is 12.0 Å². The maximum Gasteiger partial charge on any atom is 0.338 e. The monoisotopic (exact) mass is 628 g/mol. The lowest BCUT2D eigenvalue weighted by Gasteiger charge is -2.27. The average molecular weight is 629 g/mol. The number of benzene rings is 3. The molecule has 1 aliphatic rings. The fourth-order valence-corrected chi connectivity index (χ4v) is 6.24. The van der Waals surface area contributed by atoms with E-state index in [1.165, 1.54) is 11.3 Å². The van der Waals surface area contributed by atoms with Crippen LogP contribution in [0.25, 0.3) is 11.8 Å². The zero-order valence-corrected chi connectivity index (χ0v) is 26.8. The second-order valence-corrected chi connectivity index (χ2v) is 11.0. The van der Waals surface area contributed by atoms with Gasteiger partial charge in [-0.1, -0.05) is 72.9 Å². The number of carbonyl (C=O) groups is 1. The maximum atomic E-state index is 14.4. The molecule has 9 nitrogen and oxygen atoms in total. The Labute approximate surface area is 265 Å². The van der Waals surface area contributed by atoms with Crippen molar-refractivity contribution in [2.75, 3.05) is 34.0 Å². The Kier molecular flexibility index (Phi) is 10.0. The van der Waals surface area contributed by atoms with E-state index in [9.17, 15) is 9.59 Å². The highest BCUT2D eigenvalue weighted by Gasteiger charge is 2.37. The Morgan fingerprint density at radius 1 is 0.889 bits per heavy atom. The number of hydrogen-bond acceptors (Lipinski definition) is 9. The molecule has 0 amide bonds. The zero-order valence-electron chi connectivity index (χ0n) is 26.0. The van der Waals surface area contributed by atoms with Crippen LogP contribution in [0.1, 0.15) is 49.9 Å². The molecule has 0 fully saturated rings. The van der Waals surface area contributed by atoms with Gasteiger partial charge in [0.05, 0.1) is 49.8 Å². The number of fused-ring (bicyclic) bond motifs is 1. The van der Waals surface area contributed by atoms with Crippen LogP contribution in [0.2, 0.25) is 0 Å². The topological polar surface area (TPSA) is 97.6 Å². The van der Waals surface area contributed by atoms with Gasteiger partial charge >= 0.3 is 5.97 Å². The standard InChI is InChI=1S/C35H36N2O7S/c1-6-20-44-32-24(17-13-19-26(32)41-5)30-28(34(39)43-8-3)29(22-14-10-9-11-15-22)36-35-37(30)33(38)27(45-35)21-23-16-12-18-25(40-4)31(23)42-7-2/h9-19,21,30H,6-8,20H2,1-5H3/b27-21-. The van der Waals surface area contributed by atoms with Crippen LogP contribution in [-0.2, 0) is 9.53 Å². The van der Waals surface area contributed by atoms with Crippen LogP contribution in [0.15, 0.2) is 82.1 Å². The number of thiazole rings is 1. The first-order valence-corrected chi connectivity index (χ1v) is 15.7. The van der Waals surface area contributed by atoms with Crippen molar-refractivity contribution in [1.29, 1.82) is 0 Å². The van der Waals surface area contributed by atoms with Crippen LogP contribution in [0.3, 0.4) is 0 Å². The van der Waals surface area contributed by atoms with Gasteiger partial charge in [-0.15, -0.1) is 0 Å². The van der Waals surface area contributed by atoms with Gasteiger partial charge < -0.3 is 23.7 Å². The molecule has 45 heavy (non-hydrogen) atoms. The summed E-state index contributed by atoms with van der Waals surface area (Å²) in [6.45, 7) is 6.62. The first-order valence-electron chi connectivity index (χ1n) is 14.8. The fourth-order valence-electron chi connectivity index (χ4n) is 5.25. The Morgan fingerprint density at radius 3 is 2.27 bits per heavy atom. The Hall–Kier alpha value is -4.83. The molecule has 234 valence electrons. The second kappa shape index (κ2) is 14.3. The minimum Gasteiger partial charge on any atom is -0.493 e. The summed E-state index contributed by atoms with van der Waals surface area (Å²) in [5.41, 5.74) is 2.30. The number of methoxy groups -OCH3 is 2. The van der Waals surface area contributed by atoms with Crippen LogP contribution in [-0.4, -0.2) is 44.6 Å². The molecule has 3 aromatic carbocycles. The lowest BCUT2D eigenvalue weighted by Crippen LogP contribution is -2.40. The van der Waals surface area contributed by atoms with Crippen molar-refractivity contribution < 1.29 is 28.5 Å². The van der Waals surface area contributed by atoms with E-state index in [4.69, 9.17) is 28.7 Å². The Balaban J connectivity index is 1.87. The molecule has 1 aromatic heterocycles. The van der Waals surface area contributed by atoms with Gasteiger partial charge in [-0.25, -0.2) is 9.79 Å². The van der Waals surface area contributed by atoms with Crippen LogP contribution in [0, 0.1) is 0 Å². The summed E-state index contributed by atoms with van der Waals surface area (Å²) in [5.74, 6) is 1.45. The van der Waals surface area contributed by atoms with Crippen molar-refractivity contribution in [2.45, 2.75) is 33.2 Å². The van der Waals surface area contributed by atoms with Crippen molar-refractivity contribution in [3.05, 3.63) is 109 Å². The van der Waals surface area contributed by atoms with E-state index in [0.29, 0.717) is 67.9 Å². The third-order valence-electron chi connectivity index (χ3n) is 7.15. The molecule has 1 aliphatic heterocycles. The lowest BCUT2D eigenvalue weighted by atomic mass is 9.92. The van der Waals surface area contributed by atoms with E-state index in [1.54, 1.807) is 37.9 Å². The zero-order chi connectivity index (χ0) is 31.9. The fraction of sp³-hybridized carbons (Fsp3) is 0.286. The summed E-state index contributed by atoms with van der Waals surface area (Å²) in [5, 5.41) is 0. The van der Waals surface area contributed by atoms with Crippen LogP contribution in [0.4, 0.5) is 0 Å². The molecule has 1 unspecified atom stereocenters. The summed E-state index contributed by atoms with van der Waals surface area (Å²) in [6, 6.07) is 19.5. The number of hydrogen-bond donors (Lipinski definition) is 0. The summed E-state index contributed by atoms with van der Waals surface area (Å²) < 4.78 is 30.9. The highest BCUT2D eigenvalue weighted by Crippen LogP contribution is 2.42. The number of rotatable bonds is 12. The smallest absolute Gasteiger partial charge is 0.338 e. The summed E-state index contributed by atoms with van der Waals surface area (Å²) in [6.07, 6.45) is 2.52. The van der Waals surface area contributed by atoms with Gasteiger partial charge in [0.15, 0.2) is 27.8 Å². The van der Waals surface area contributed by atoms with Crippen LogP contribution in [0.5, 0.6) is 23.0 Å². The summed E-state index contributed by atoms with van der Waals surface area (Å²) in [7, 11) is 3.13. The van der Waals surface area contributed by atoms with E-state index in [2.05, 4.69) is 0 Å². The van der Waals surface area contributed by atoms with Crippen molar-refractivity contribution in [3.8, 4) is 23.0 Å². The van der Waals surface area contributed by atoms with E-state index in [1.807, 2.05) is 74.5 Å². The van der Waals surface area contributed by atoms with Crippen molar-refractivity contribution in [1.82, 2.24) is 4.57 Å². The highest BCUT2D eigenvalue weighted by molar-refractivity contribution is 7.07. The Bertz CT molecular complexity index is 1890. The molecule has 0 spiro atoms. The molecule has 0 radical (unpaired) electrons. The van der Waals surface area contributed by atoms with E-state index >= 15 is 0 Å². The summed E-state index contributed by atoms with van der Waals surface area (Å²) in [4.78, 5) is 33.7. The average Bonchev–Trinajstić information content (AvgIpc) is 3.38. The number of esters is 1. The van der Waals surface area contributed by atoms with E-state index in [0.717, 1.165) is 6.42 Å². The molecule has 5 rings (SSSR count). The third-order valence-corrected chi connectivity index (χ3v) is 8.14. The molecule has 2 heterocycles. The molecule has 10 heteroatoms. The SMILES string of the molecule is CCCOc1c(OC)cccc1C1C(C(=O)OCC)=C(c2ccccc2)N=c2s/c(=C\c3cccc(OC)c3OCC)c(=O)n21. The lowest BCUT2D eigenvalue weighted by molar-refractivity contribution is -0.138. The minimum absolute atomic E-state index is 0.148. The molecule has 0 bridgehead atoms. The molecule has 0 saturated carbocycles. The summed E-state index contributed by atoms with van der Waals surface area (Å²) >= 11 is 1.23. The van der Waals surface area contributed by atoms with Crippen LogP contribution < -0.4 is 33.8 Å². The molecule has 1 atom stereocenters. The number of para-hydroxylation sites is 2. The second-order valence-electron chi connectivity index (χ2n) is 9.97. The largest absolute Gasteiger partial charge is 0.493 e. The van der Waals surface area contributed by atoms with Gasteiger partial charge in [-0.05, 0) is 38.5 Å².